The Hall–Kier alpha value is -2.44. The van der Waals surface area contributed by atoms with Crippen LogP contribution < -0.4 is 5.32 Å². The molecule has 0 aliphatic carbocycles. The van der Waals surface area contributed by atoms with Gasteiger partial charge in [-0.2, -0.15) is 0 Å². The Morgan fingerprint density at radius 3 is 2.74 bits per heavy atom. The first kappa shape index (κ1) is 13.0. The van der Waals surface area contributed by atoms with E-state index in [1.54, 1.807) is 6.92 Å². The number of aromatic nitrogens is 1. The Morgan fingerprint density at radius 2 is 2.16 bits per heavy atom. The molecule has 1 aromatic heterocycles. The maximum absolute atomic E-state index is 13.2. The van der Waals surface area contributed by atoms with Crippen molar-refractivity contribution < 1.29 is 13.7 Å². The third-order valence-electron chi connectivity index (χ3n) is 2.61. The average Bonchev–Trinajstić information content (AvgIpc) is 2.65. The van der Waals surface area contributed by atoms with Gasteiger partial charge in [0.1, 0.15) is 11.6 Å². The molecule has 6 nitrogen and oxygen atoms in total. The summed E-state index contributed by atoms with van der Waals surface area (Å²) < 4.78 is 18.5. The molecule has 2 rings (SSSR count). The SMILES string of the molecule is Cc1nc(CNc2cc(F)cc([N+](=O)[O-])c2)oc1C. The van der Waals surface area contributed by atoms with Crippen LogP contribution in [0.15, 0.2) is 22.6 Å². The van der Waals surface area contributed by atoms with Crippen LogP contribution in [0.3, 0.4) is 0 Å². The molecule has 0 radical (unpaired) electrons. The zero-order valence-electron chi connectivity index (χ0n) is 10.4. The number of nitro benzene ring substituents is 1. The van der Waals surface area contributed by atoms with Crippen molar-refractivity contribution in [3.05, 3.63) is 51.5 Å². The molecule has 0 aliphatic heterocycles. The highest BCUT2D eigenvalue weighted by atomic mass is 19.1. The number of halogens is 1. The van der Waals surface area contributed by atoms with E-state index in [1.807, 2.05) is 6.92 Å². The van der Waals surface area contributed by atoms with Crippen molar-refractivity contribution in [2.45, 2.75) is 20.4 Å². The summed E-state index contributed by atoms with van der Waals surface area (Å²) in [5.74, 6) is 0.486. The van der Waals surface area contributed by atoms with Gasteiger partial charge in [0.2, 0.25) is 5.89 Å². The van der Waals surface area contributed by atoms with E-state index in [2.05, 4.69) is 10.3 Å². The van der Waals surface area contributed by atoms with E-state index < -0.39 is 10.7 Å². The van der Waals surface area contributed by atoms with Crippen LogP contribution in [0, 0.1) is 29.8 Å². The molecule has 1 N–H and O–H groups in total. The first-order chi connectivity index (χ1) is 8.95. The highest BCUT2D eigenvalue weighted by Crippen LogP contribution is 2.20. The molecule has 0 aliphatic rings. The standard InChI is InChI=1S/C12H12FN3O3/c1-7-8(2)19-12(15-7)6-14-10-3-9(13)4-11(5-10)16(17)18/h3-5,14H,6H2,1-2H3. The molecular weight excluding hydrogens is 253 g/mol. The molecule has 19 heavy (non-hydrogen) atoms. The third-order valence-corrected chi connectivity index (χ3v) is 2.61. The van der Waals surface area contributed by atoms with Gasteiger partial charge in [0.25, 0.3) is 5.69 Å². The highest BCUT2D eigenvalue weighted by Gasteiger charge is 2.11. The third kappa shape index (κ3) is 3.06. The molecule has 0 amide bonds. The lowest BCUT2D eigenvalue weighted by Gasteiger charge is -2.03. The minimum atomic E-state index is -0.670. The largest absolute Gasteiger partial charge is 0.444 e. The summed E-state index contributed by atoms with van der Waals surface area (Å²) in [6, 6.07) is 3.30. The molecule has 0 atom stereocenters. The Kier molecular flexibility index (Phi) is 3.46. The van der Waals surface area contributed by atoms with Crippen LogP contribution in [-0.4, -0.2) is 9.91 Å². The number of non-ortho nitro benzene ring substituents is 1. The van der Waals surface area contributed by atoms with Crippen LogP contribution in [0.25, 0.3) is 0 Å². The molecule has 1 aromatic carbocycles. The number of nitrogens with one attached hydrogen (secondary N) is 1. The average molecular weight is 265 g/mol. The first-order valence-electron chi connectivity index (χ1n) is 5.57. The van der Waals surface area contributed by atoms with Crippen LogP contribution >= 0.6 is 0 Å². The number of anilines is 1. The molecule has 1 heterocycles. The quantitative estimate of drug-likeness (QED) is 0.679. The number of rotatable bonds is 4. The second kappa shape index (κ2) is 5.05. The van der Waals surface area contributed by atoms with Gasteiger partial charge >= 0.3 is 0 Å². The van der Waals surface area contributed by atoms with Crippen LogP contribution in [-0.2, 0) is 6.54 Å². The monoisotopic (exact) mass is 265 g/mol. The van der Waals surface area contributed by atoms with Crippen molar-refractivity contribution in [1.82, 2.24) is 4.98 Å². The Balaban J connectivity index is 2.13. The Labute approximate surface area is 108 Å². The zero-order chi connectivity index (χ0) is 14.0. The number of hydrogen-bond donors (Lipinski definition) is 1. The molecule has 0 unspecified atom stereocenters. The molecule has 0 saturated heterocycles. The molecule has 0 fully saturated rings. The number of hydrogen-bond acceptors (Lipinski definition) is 5. The van der Waals surface area contributed by atoms with Gasteiger partial charge in [-0.3, -0.25) is 10.1 Å². The normalized spacial score (nSPS) is 10.5. The van der Waals surface area contributed by atoms with E-state index in [0.717, 1.165) is 11.8 Å². The van der Waals surface area contributed by atoms with Crippen LogP contribution in [0.2, 0.25) is 0 Å². The molecule has 0 spiro atoms. The number of oxazole rings is 1. The number of nitro groups is 1. The van der Waals surface area contributed by atoms with Crippen LogP contribution in [0.5, 0.6) is 0 Å². The van der Waals surface area contributed by atoms with Crippen molar-refractivity contribution in [3.63, 3.8) is 0 Å². The maximum Gasteiger partial charge on any atom is 0.274 e. The topological polar surface area (TPSA) is 81.2 Å². The fourth-order valence-electron chi connectivity index (χ4n) is 1.57. The fourth-order valence-corrected chi connectivity index (χ4v) is 1.57. The van der Waals surface area contributed by atoms with E-state index in [9.17, 15) is 14.5 Å². The van der Waals surface area contributed by atoms with Crippen molar-refractivity contribution in [2.24, 2.45) is 0 Å². The van der Waals surface area contributed by atoms with E-state index in [-0.39, 0.29) is 12.2 Å². The smallest absolute Gasteiger partial charge is 0.274 e. The summed E-state index contributed by atoms with van der Waals surface area (Å²) in [5.41, 5.74) is 0.782. The van der Waals surface area contributed by atoms with Gasteiger partial charge in [0.15, 0.2) is 0 Å². The Morgan fingerprint density at radius 1 is 1.42 bits per heavy atom. The summed E-state index contributed by atoms with van der Waals surface area (Å²) in [5, 5.41) is 13.4. The van der Waals surface area contributed by atoms with Gasteiger partial charge in [-0.05, 0) is 19.9 Å². The first-order valence-corrected chi connectivity index (χ1v) is 5.57. The maximum atomic E-state index is 13.2. The van der Waals surface area contributed by atoms with Gasteiger partial charge < -0.3 is 9.73 Å². The highest BCUT2D eigenvalue weighted by molar-refractivity contribution is 5.51. The molecule has 7 heteroatoms. The van der Waals surface area contributed by atoms with Gasteiger partial charge in [-0.15, -0.1) is 0 Å². The fraction of sp³-hybridized carbons (Fsp3) is 0.250. The van der Waals surface area contributed by atoms with E-state index in [4.69, 9.17) is 4.42 Å². The summed E-state index contributed by atoms with van der Waals surface area (Å²) in [6.45, 7) is 3.84. The summed E-state index contributed by atoms with van der Waals surface area (Å²) in [6.07, 6.45) is 0. The van der Waals surface area contributed by atoms with Gasteiger partial charge in [-0.1, -0.05) is 0 Å². The van der Waals surface area contributed by atoms with E-state index in [0.29, 0.717) is 17.3 Å². The predicted molar refractivity (Wildman–Crippen MR) is 66.4 cm³/mol. The van der Waals surface area contributed by atoms with Crippen molar-refractivity contribution in [1.29, 1.82) is 0 Å². The summed E-state index contributed by atoms with van der Waals surface area (Å²) in [4.78, 5) is 14.1. The lowest BCUT2D eigenvalue weighted by Crippen LogP contribution is -2.01. The van der Waals surface area contributed by atoms with Gasteiger partial charge in [-0.25, -0.2) is 9.37 Å². The van der Waals surface area contributed by atoms with Crippen LogP contribution in [0.4, 0.5) is 15.8 Å². The second-order valence-corrected chi connectivity index (χ2v) is 4.06. The van der Waals surface area contributed by atoms with Crippen molar-refractivity contribution >= 4 is 11.4 Å². The minimum Gasteiger partial charge on any atom is -0.444 e. The number of nitrogens with zero attached hydrogens (tertiary/aromatic N) is 2. The van der Waals surface area contributed by atoms with E-state index in [1.165, 1.54) is 12.1 Å². The minimum absolute atomic E-state index is 0.231. The number of benzene rings is 1. The van der Waals surface area contributed by atoms with Gasteiger partial charge in [0.05, 0.1) is 23.2 Å². The van der Waals surface area contributed by atoms with E-state index >= 15 is 0 Å². The summed E-state index contributed by atoms with van der Waals surface area (Å²) >= 11 is 0. The predicted octanol–water partition coefficient (Wildman–Crippen LogP) is 2.95. The Bertz CT molecular complexity index is 605. The zero-order valence-corrected chi connectivity index (χ0v) is 10.4. The molecular formula is C12H12FN3O3. The molecule has 2 aromatic rings. The van der Waals surface area contributed by atoms with Crippen molar-refractivity contribution in [3.8, 4) is 0 Å². The summed E-state index contributed by atoms with van der Waals surface area (Å²) in [7, 11) is 0. The lowest BCUT2D eigenvalue weighted by molar-refractivity contribution is -0.385. The van der Waals surface area contributed by atoms with Crippen molar-refractivity contribution in [2.75, 3.05) is 5.32 Å². The second-order valence-electron chi connectivity index (χ2n) is 4.06. The van der Waals surface area contributed by atoms with Gasteiger partial charge in [0, 0.05) is 11.8 Å². The molecule has 0 saturated carbocycles. The molecule has 0 bridgehead atoms. The number of aryl methyl sites for hydroxylation is 2. The molecule has 100 valence electrons. The van der Waals surface area contributed by atoms with Crippen LogP contribution in [0.1, 0.15) is 17.3 Å². The lowest BCUT2D eigenvalue weighted by atomic mass is 10.2.